The van der Waals surface area contributed by atoms with Crippen LogP contribution in [0.1, 0.15) is 47.9 Å². The molecule has 0 spiro atoms. The summed E-state index contributed by atoms with van der Waals surface area (Å²) in [6, 6.07) is 14.6. The fraction of sp³-hybridized carbons (Fsp3) is 0.381. The van der Waals surface area contributed by atoms with Gasteiger partial charge in [0.25, 0.3) is 0 Å². The van der Waals surface area contributed by atoms with Crippen LogP contribution in [-0.4, -0.2) is 5.78 Å². The Hall–Kier alpha value is -2.00. The molecule has 2 aromatic carbocycles. The topological polar surface area (TPSA) is 43.1 Å². The summed E-state index contributed by atoms with van der Waals surface area (Å²) in [4.78, 5) is 13.0. The van der Waals surface area contributed by atoms with Crippen LogP contribution in [-0.2, 0) is 11.2 Å². The molecule has 1 fully saturated rings. The van der Waals surface area contributed by atoms with E-state index in [9.17, 15) is 9.18 Å². The number of fused-ring (bicyclic) bond motifs is 1. The van der Waals surface area contributed by atoms with Crippen LogP contribution in [0.5, 0.6) is 0 Å². The summed E-state index contributed by atoms with van der Waals surface area (Å²) >= 11 is 0. The zero-order valence-corrected chi connectivity index (χ0v) is 13.6. The summed E-state index contributed by atoms with van der Waals surface area (Å²) < 4.78 is 13.2. The Balaban J connectivity index is 1.52. The number of nitrogens with two attached hydrogens (primary N) is 1. The standard InChI is InChI=1S/C21H22FNO/c22-17-9-7-14(8-10-17)20(13-5-6-13)19(24)12-16-11-15-3-1-2-4-18(15)21(16)23/h1-4,7-10,13,16,20-21H,5-6,11-12,23H2/t16-,20?,21-/m1/s1. The number of hydrogen-bond acceptors (Lipinski definition) is 2. The van der Waals surface area contributed by atoms with Gasteiger partial charge in [-0.2, -0.15) is 0 Å². The van der Waals surface area contributed by atoms with Crippen LogP contribution in [0.25, 0.3) is 0 Å². The van der Waals surface area contributed by atoms with Crippen molar-refractivity contribution in [3.63, 3.8) is 0 Å². The van der Waals surface area contributed by atoms with Crippen molar-refractivity contribution in [1.82, 2.24) is 0 Å². The second-order valence-corrected chi connectivity index (χ2v) is 7.23. The van der Waals surface area contributed by atoms with Gasteiger partial charge in [0.2, 0.25) is 0 Å². The van der Waals surface area contributed by atoms with E-state index >= 15 is 0 Å². The number of rotatable bonds is 5. The van der Waals surface area contributed by atoms with Crippen molar-refractivity contribution in [1.29, 1.82) is 0 Å². The number of benzene rings is 2. The normalized spacial score (nSPS) is 23.8. The molecule has 4 rings (SSSR count). The summed E-state index contributed by atoms with van der Waals surface area (Å²) in [6.07, 6.45) is 3.56. The first-order valence-electron chi connectivity index (χ1n) is 8.75. The molecule has 2 nitrogen and oxygen atoms in total. The largest absolute Gasteiger partial charge is 0.324 e. The predicted molar refractivity (Wildman–Crippen MR) is 92.1 cm³/mol. The number of ketones is 1. The van der Waals surface area contributed by atoms with Gasteiger partial charge in [-0.1, -0.05) is 36.4 Å². The number of hydrogen-bond donors (Lipinski definition) is 1. The van der Waals surface area contributed by atoms with E-state index in [1.165, 1.54) is 23.3 Å². The molecule has 24 heavy (non-hydrogen) atoms. The third kappa shape index (κ3) is 2.89. The van der Waals surface area contributed by atoms with Gasteiger partial charge in [0.15, 0.2) is 0 Å². The van der Waals surface area contributed by atoms with Crippen molar-refractivity contribution in [3.8, 4) is 0 Å². The van der Waals surface area contributed by atoms with Crippen molar-refractivity contribution in [2.45, 2.75) is 37.6 Å². The molecule has 3 atom stereocenters. The van der Waals surface area contributed by atoms with E-state index in [1.54, 1.807) is 12.1 Å². The lowest BCUT2D eigenvalue weighted by molar-refractivity contribution is -0.122. The quantitative estimate of drug-likeness (QED) is 0.898. The van der Waals surface area contributed by atoms with E-state index in [-0.39, 0.29) is 29.5 Å². The fourth-order valence-electron chi connectivity index (χ4n) is 4.11. The second kappa shape index (κ2) is 6.14. The first kappa shape index (κ1) is 15.5. The molecular formula is C21H22FNO. The molecule has 124 valence electrons. The minimum atomic E-state index is -0.256. The van der Waals surface area contributed by atoms with Gasteiger partial charge in [-0.05, 0) is 59.9 Å². The zero-order valence-electron chi connectivity index (χ0n) is 13.6. The molecule has 0 amide bonds. The Bertz CT molecular complexity index is 751. The highest BCUT2D eigenvalue weighted by Gasteiger charge is 2.39. The highest BCUT2D eigenvalue weighted by Crippen LogP contribution is 2.45. The van der Waals surface area contributed by atoms with Crippen molar-refractivity contribution in [2.24, 2.45) is 17.6 Å². The van der Waals surface area contributed by atoms with Gasteiger partial charge >= 0.3 is 0 Å². The molecule has 2 aliphatic carbocycles. The van der Waals surface area contributed by atoms with Gasteiger partial charge < -0.3 is 5.73 Å². The number of Topliss-reactive ketones (excluding diaryl/α,β-unsaturated/α-hetero) is 1. The van der Waals surface area contributed by atoms with Crippen molar-refractivity contribution < 1.29 is 9.18 Å². The maximum atomic E-state index is 13.2. The monoisotopic (exact) mass is 323 g/mol. The molecule has 0 bridgehead atoms. The molecule has 0 aliphatic heterocycles. The first-order chi connectivity index (χ1) is 11.6. The lowest BCUT2D eigenvalue weighted by Gasteiger charge is -2.20. The highest BCUT2D eigenvalue weighted by atomic mass is 19.1. The molecule has 1 unspecified atom stereocenters. The first-order valence-corrected chi connectivity index (χ1v) is 8.75. The van der Waals surface area contributed by atoms with Crippen LogP contribution in [0.15, 0.2) is 48.5 Å². The van der Waals surface area contributed by atoms with Gasteiger partial charge in [-0.15, -0.1) is 0 Å². The average molecular weight is 323 g/mol. The van der Waals surface area contributed by atoms with Gasteiger partial charge in [-0.25, -0.2) is 4.39 Å². The molecule has 1 saturated carbocycles. The van der Waals surface area contributed by atoms with Gasteiger partial charge in [0.1, 0.15) is 11.6 Å². The Morgan fingerprint density at radius 1 is 1.12 bits per heavy atom. The van der Waals surface area contributed by atoms with E-state index in [4.69, 9.17) is 5.73 Å². The van der Waals surface area contributed by atoms with Crippen molar-refractivity contribution in [3.05, 3.63) is 71.0 Å². The predicted octanol–water partition coefficient (Wildman–Crippen LogP) is 4.15. The van der Waals surface area contributed by atoms with Gasteiger partial charge in [0.05, 0.1) is 0 Å². The van der Waals surface area contributed by atoms with E-state index < -0.39 is 0 Å². The van der Waals surface area contributed by atoms with Gasteiger partial charge in [0, 0.05) is 18.4 Å². The Kier molecular flexibility index (Phi) is 3.97. The second-order valence-electron chi connectivity index (χ2n) is 7.23. The van der Waals surface area contributed by atoms with Crippen LogP contribution >= 0.6 is 0 Å². The summed E-state index contributed by atoms with van der Waals surface area (Å²) in [7, 11) is 0. The molecule has 0 saturated heterocycles. The summed E-state index contributed by atoms with van der Waals surface area (Å²) in [5.41, 5.74) is 9.79. The molecule has 2 N–H and O–H groups in total. The number of carbonyl (C=O) groups is 1. The van der Waals surface area contributed by atoms with Crippen molar-refractivity contribution in [2.75, 3.05) is 0 Å². The molecular weight excluding hydrogens is 301 g/mol. The fourth-order valence-corrected chi connectivity index (χ4v) is 4.11. The van der Waals surface area contributed by atoms with E-state index in [0.29, 0.717) is 12.3 Å². The number of carbonyl (C=O) groups excluding carboxylic acids is 1. The molecule has 0 radical (unpaired) electrons. The molecule has 2 aliphatic rings. The molecule has 0 heterocycles. The summed E-state index contributed by atoms with van der Waals surface area (Å²) in [5, 5.41) is 0. The maximum Gasteiger partial charge on any atom is 0.140 e. The Morgan fingerprint density at radius 2 is 1.83 bits per heavy atom. The van der Waals surface area contributed by atoms with Crippen molar-refractivity contribution >= 4 is 5.78 Å². The van der Waals surface area contributed by atoms with Crippen LogP contribution in [0, 0.1) is 17.7 Å². The van der Waals surface area contributed by atoms with Gasteiger partial charge in [-0.3, -0.25) is 4.79 Å². The summed E-state index contributed by atoms with van der Waals surface area (Å²) in [5.74, 6) is 0.507. The summed E-state index contributed by atoms with van der Waals surface area (Å²) in [6.45, 7) is 0. The molecule has 3 heteroatoms. The minimum absolute atomic E-state index is 0.0572. The van der Waals surface area contributed by atoms with Crippen LogP contribution < -0.4 is 5.73 Å². The van der Waals surface area contributed by atoms with Crippen LogP contribution in [0.4, 0.5) is 4.39 Å². The van der Waals surface area contributed by atoms with E-state index in [0.717, 1.165) is 24.8 Å². The Labute approximate surface area is 141 Å². The highest BCUT2D eigenvalue weighted by molar-refractivity contribution is 5.87. The smallest absolute Gasteiger partial charge is 0.140 e. The minimum Gasteiger partial charge on any atom is -0.324 e. The maximum absolute atomic E-state index is 13.2. The third-order valence-corrected chi connectivity index (χ3v) is 5.54. The Morgan fingerprint density at radius 3 is 2.50 bits per heavy atom. The third-order valence-electron chi connectivity index (χ3n) is 5.54. The molecule has 2 aromatic rings. The SMILES string of the molecule is N[C@H]1c2ccccc2C[C@@H]1CC(=O)C(c1ccc(F)cc1)C1CC1. The zero-order chi connectivity index (χ0) is 16.7. The molecule has 0 aromatic heterocycles. The lowest BCUT2D eigenvalue weighted by Crippen LogP contribution is -2.24. The van der Waals surface area contributed by atoms with E-state index in [2.05, 4.69) is 12.1 Å². The average Bonchev–Trinajstić information content (AvgIpc) is 3.36. The van der Waals surface area contributed by atoms with Crippen LogP contribution in [0.3, 0.4) is 0 Å². The van der Waals surface area contributed by atoms with E-state index in [1.807, 2.05) is 12.1 Å². The lowest BCUT2D eigenvalue weighted by atomic mass is 9.84. The number of halogens is 1. The van der Waals surface area contributed by atoms with Crippen LogP contribution in [0.2, 0.25) is 0 Å².